The first kappa shape index (κ1) is 14.9. The SMILES string of the molecule is Cc1cn(C2CCCCC2)c(N(C)CC2CCNCC2)n1. The van der Waals surface area contributed by atoms with Crippen LogP contribution in [0.1, 0.15) is 56.7 Å². The number of hydrogen-bond donors (Lipinski definition) is 1. The summed E-state index contributed by atoms with van der Waals surface area (Å²) < 4.78 is 2.47. The van der Waals surface area contributed by atoms with Crippen LogP contribution in [0.2, 0.25) is 0 Å². The Morgan fingerprint density at radius 3 is 2.62 bits per heavy atom. The summed E-state index contributed by atoms with van der Waals surface area (Å²) in [4.78, 5) is 7.22. The number of nitrogens with one attached hydrogen (secondary N) is 1. The van der Waals surface area contributed by atoms with Gasteiger partial charge in [0.25, 0.3) is 0 Å². The molecule has 0 bridgehead atoms. The molecular weight excluding hydrogens is 260 g/mol. The van der Waals surface area contributed by atoms with Crippen molar-refractivity contribution in [2.45, 2.75) is 57.9 Å². The lowest BCUT2D eigenvalue weighted by Gasteiger charge is -2.31. The Kier molecular flexibility index (Phi) is 4.84. The highest BCUT2D eigenvalue weighted by molar-refractivity contribution is 5.33. The number of piperidine rings is 1. The molecular formula is C17H30N4. The molecule has 2 heterocycles. The summed E-state index contributed by atoms with van der Waals surface area (Å²) in [5.41, 5.74) is 1.16. The third kappa shape index (κ3) is 3.60. The quantitative estimate of drug-likeness (QED) is 0.925. The predicted octanol–water partition coefficient (Wildman–Crippen LogP) is 3.13. The van der Waals surface area contributed by atoms with E-state index in [2.05, 4.69) is 35.0 Å². The Balaban J connectivity index is 1.70. The Labute approximate surface area is 128 Å². The Morgan fingerprint density at radius 1 is 1.19 bits per heavy atom. The third-order valence-corrected chi connectivity index (χ3v) is 5.13. The van der Waals surface area contributed by atoms with Crippen LogP contribution < -0.4 is 10.2 Å². The first-order valence-corrected chi connectivity index (χ1v) is 8.71. The van der Waals surface area contributed by atoms with E-state index < -0.39 is 0 Å². The van der Waals surface area contributed by atoms with E-state index in [1.807, 2.05) is 0 Å². The van der Waals surface area contributed by atoms with E-state index in [1.54, 1.807) is 0 Å². The molecule has 3 rings (SSSR count). The second kappa shape index (κ2) is 6.82. The van der Waals surface area contributed by atoms with Crippen molar-refractivity contribution in [3.63, 3.8) is 0 Å². The van der Waals surface area contributed by atoms with Gasteiger partial charge in [-0.3, -0.25) is 0 Å². The van der Waals surface area contributed by atoms with Crippen LogP contribution in [0.15, 0.2) is 6.20 Å². The highest BCUT2D eigenvalue weighted by Gasteiger charge is 2.22. The summed E-state index contributed by atoms with van der Waals surface area (Å²) in [5, 5.41) is 3.46. The van der Waals surface area contributed by atoms with E-state index in [0.29, 0.717) is 6.04 Å². The molecule has 1 saturated carbocycles. The lowest BCUT2D eigenvalue weighted by molar-refractivity contribution is 0.347. The van der Waals surface area contributed by atoms with Crippen LogP contribution in [0.4, 0.5) is 5.95 Å². The van der Waals surface area contributed by atoms with Crippen molar-refractivity contribution in [1.29, 1.82) is 0 Å². The minimum atomic E-state index is 0.672. The molecule has 4 heteroatoms. The minimum Gasteiger partial charge on any atom is -0.345 e. The van der Waals surface area contributed by atoms with Crippen molar-refractivity contribution < 1.29 is 0 Å². The number of aromatic nitrogens is 2. The number of nitrogens with zero attached hydrogens (tertiary/aromatic N) is 3. The lowest BCUT2D eigenvalue weighted by atomic mass is 9.95. The second-order valence-corrected chi connectivity index (χ2v) is 6.96. The zero-order valence-electron chi connectivity index (χ0n) is 13.6. The van der Waals surface area contributed by atoms with Crippen LogP contribution in [0, 0.1) is 12.8 Å². The van der Waals surface area contributed by atoms with Crippen LogP contribution in [0.5, 0.6) is 0 Å². The first-order valence-electron chi connectivity index (χ1n) is 8.71. The molecule has 2 aliphatic rings. The maximum Gasteiger partial charge on any atom is 0.205 e. The molecule has 1 aromatic rings. The smallest absolute Gasteiger partial charge is 0.205 e. The van der Waals surface area contributed by atoms with E-state index in [0.717, 1.165) is 18.2 Å². The Hall–Kier alpha value is -1.03. The molecule has 2 fully saturated rings. The van der Waals surface area contributed by atoms with Gasteiger partial charge in [0.15, 0.2) is 0 Å². The first-order chi connectivity index (χ1) is 10.2. The van der Waals surface area contributed by atoms with Crippen LogP contribution in [0.3, 0.4) is 0 Å². The highest BCUT2D eigenvalue weighted by atomic mass is 15.3. The summed E-state index contributed by atoms with van der Waals surface area (Å²) in [6.07, 6.45) is 11.7. The van der Waals surface area contributed by atoms with Gasteiger partial charge in [0, 0.05) is 25.8 Å². The van der Waals surface area contributed by atoms with E-state index in [1.165, 1.54) is 64.0 Å². The summed E-state index contributed by atoms with van der Waals surface area (Å²) in [5.74, 6) is 2.01. The van der Waals surface area contributed by atoms with E-state index in [4.69, 9.17) is 4.98 Å². The van der Waals surface area contributed by atoms with Gasteiger partial charge >= 0.3 is 0 Å². The zero-order valence-corrected chi connectivity index (χ0v) is 13.6. The van der Waals surface area contributed by atoms with Gasteiger partial charge < -0.3 is 14.8 Å². The molecule has 1 N–H and O–H groups in total. The number of rotatable bonds is 4. The molecule has 0 radical (unpaired) electrons. The standard InChI is InChI=1S/C17H30N4/c1-14-12-21(16-6-4-3-5-7-16)17(19-14)20(2)13-15-8-10-18-11-9-15/h12,15-16,18H,3-11,13H2,1-2H3. The number of anilines is 1. The molecule has 0 atom stereocenters. The largest absolute Gasteiger partial charge is 0.345 e. The summed E-state index contributed by atoms with van der Waals surface area (Å²) >= 11 is 0. The average Bonchev–Trinajstić information content (AvgIpc) is 2.91. The molecule has 0 amide bonds. The van der Waals surface area contributed by atoms with Gasteiger partial charge in [-0.15, -0.1) is 0 Å². The van der Waals surface area contributed by atoms with E-state index in [9.17, 15) is 0 Å². The van der Waals surface area contributed by atoms with Gasteiger partial charge in [0.2, 0.25) is 5.95 Å². The molecule has 118 valence electrons. The molecule has 21 heavy (non-hydrogen) atoms. The second-order valence-electron chi connectivity index (χ2n) is 6.96. The summed E-state index contributed by atoms with van der Waals surface area (Å²) in [6.45, 7) is 5.62. The average molecular weight is 290 g/mol. The molecule has 0 unspecified atom stereocenters. The Morgan fingerprint density at radius 2 is 1.90 bits per heavy atom. The van der Waals surface area contributed by atoms with Crippen molar-refractivity contribution in [3.05, 3.63) is 11.9 Å². The van der Waals surface area contributed by atoms with Crippen molar-refractivity contribution in [2.75, 3.05) is 31.6 Å². The normalized spacial score (nSPS) is 21.6. The molecule has 1 aliphatic heterocycles. The zero-order chi connectivity index (χ0) is 14.7. The minimum absolute atomic E-state index is 0.672. The van der Waals surface area contributed by atoms with Crippen molar-refractivity contribution in [3.8, 4) is 0 Å². The van der Waals surface area contributed by atoms with Gasteiger partial charge in [-0.25, -0.2) is 4.98 Å². The van der Waals surface area contributed by atoms with E-state index >= 15 is 0 Å². The summed E-state index contributed by atoms with van der Waals surface area (Å²) in [7, 11) is 2.23. The van der Waals surface area contributed by atoms with Gasteiger partial charge in [-0.1, -0.05) is 19.3 Å². The van der Waals surface area contributed by atoms with E-state index in [-0.39, 0.29) is 0 Å². The van der Waals surface area contributed by atoms with Crippen molar-refractivity contribution >= 4 is 5.95 Å². The fourth-order valence-electron chi connectivity index (χ4n) is 3.95. The molecule has 0 spiro atoms. The van der Waals surface area contributed by atoms with Gasteiger partial charge in [0.1, 0.15) is 0 Å². The van der Waals surface area contributed by atoms with Crippen molar-refractivity contribution in [1.82, 2.24) is 14.9 Å². The predicted molar refractivity (Wildman–Crippen MR) is 87.9 cm³/mol. The number of imidazole rings is 1. The fraction of sp³-hybridized carbons (Fsp3) is 0.824. The topological polar surface area (TPSA) is 33.1 Å². The maximum atomic E-state index is 4.82. The third-order valence-electron chi connectivity index (χ3n) is 5.13. The van der Waals surface area contributed by atoms with Crippen LogP contribution >= 0.6 is 0 Å². The van der Waals surface area contributed by atoms with Gasteiger partial charge in [-0.05, 0) is 51.6 Å². The summed E-state index contributed by atoms with van der Waals surface area (Å²) in [6, 6.07) is 0.672. The maximum absolute atomic E-state index is 4.82. The molecule has 0 aromatic carbocycles. The van der Waals surface area contributed by atoms with Crippen LogP contribution in [-0.2, 0) is 0 Å². The van der Waals surface area contributed by atoms with Gasteiger partial charge in [-0.2, -0.15) is 0 Å². The molecule has 4 nitrogen and oxygen atoms in total. The highest BCUT2D eigenvalue weighted by Crippen LogP contribution is 2.32. The fourth-order valence-corrected chi connectivity index (χ4v) is 3.95. The monoisotopic (exact) mass is 290 g/mol. The van der Waals surface area contributed by atoms with Crippen LogP contribution in [-0.4, -0.2) is 36.2 Å². The molecule has 1 aromatic heterocycles. The number of aryl methyl sites for hydroxylation is 1. The van der Waals surface area contributed by atoms with Crippen LogP contribution in [0.25, 0.3) is 0 Å². The molecule has 1 saturated heterocycles. The lowest BCUT2D eigenvalue weighted by Crippen LogP contribution is -2.35. The van der Waals surface area contributed by atoms with Crippen molar-refractivity contribution in [2.24, 2.45) is 5.92 Å². The number of hydrogen-bond acceptors (Lipinski definition) is 3. The molecule has 1 aliphatic carbocycles. The Bertz CT molecular complexity index is 442. The van der Waals surface area contributed by atoms with Gasteiger partial charge in [0.05, 0.1) is 5.69 Å².